The summed E-state index contributed by atoms with van der Waals surface area (Å²) in [5.74, 6) is -1.74. The molecule has 2 heterocycles. The van der Waals surface area contributed by atoms with Gasteiger partial charge in [0, 0.05) is 9.90 Å². The largest absolute Gasteiger partial charge is 0.481 e. The van der Waals surface area contributed by atoms with Crippen molar-refractivity contribution >= 4 is 78.9 Å². The summed E-state index contributed by atoms with van der Waals surface area (Å²) in [6.07, 6.45) is 0.726. The molecule has 10 heteroatoms. The van der Waals surface area contributed by atoms with Crippen LogP contribution in [0.1, 0.15) is 27.2 Å². The first-order valence-corrected chi connectivity index (χ1v) is 11.4. The number of nitrogens with one attached hydrogen (secondary N) is 1. The Bertz CT molecular complexity index is 1060. The average molecular weight is 455 g/mol. The summed E-state index contributed by atoms with van der Waals surface area (Å²) >= 11 is 9.59. The molecular formula is C18H15ClN2O4S3. The van der Waals surface area contributed by atoms with Crippen LogP contribution in [-0.4, -0.2) is 39.3 Å². The quantitative estimate of drug-likeness (QED) is 0.484. The molecule has 0 saturated heterocycles. The van der Waals surface area contributed by atoms with E-state index >= 15 is 0 Å². The van der Waals surface area contributed by atoms with Crippen molar-refractivity contribution in [3.63, 3.8) is 0 Å². The highest BCUT2D eigenvalue weighted by molar-refractivity contribution is 8.00. The van der Waals surface area contributed by atoms with Crippen molar-refractivity contribution in [1.82, 2.24) is 4.98 Å². The highest BCUT2D eigenvalue weighted by atomic mass is 35.5. The Morgan fingerprint density at radius 1 is 1.21 bits per heavy atom. The summed E-state index contributed by atoms with van der Waals surface area (Å²) in [4.78, 5) is 41.1. The van der Waals surface area contributed by atoms with Gasteiger partial charge in [0.05, 0.1) is 27.3 Å². The molecule has 0 radical (unpaired) electrons. The van der Waals surface area contributed by atoms with Gasteiger partial charge in [0.1, 0.15) is 5.00 Å². The first-order valence-electron chi connectivity index (χ1n) is 8.20. The number of nitrogens with zero attached hydrogens (tertiary/aromatic N) is 1. The monoisotopic (exact) mass is 454 g/mol. The zero-order valence-corrected chi connectivity index (χ0v) is 17.9. The van der Waals surface area contributed by atoms with Crippen molar-refractivity contribution in [1.29, 1.82) is 0 Å². The second-order valence-electron chi connectivity index (χ2n) is 5.70. The fraction of sp³-hybridized carbons (Fsp3) is 0.222. The summed E-state index contributed by atoms with van der Waals surface area (Å²) in [5.41, 5.74) is 1.09. The van der Waals surface area contributed by atoms with E-state index in [0.29, 0.717) is 26.1 Å². The Hall–Kier alpha value is -1.94. The summed E-state index contributed by atoms with van der Waals surface area (Å²) in [7, 11) is 0. The minimum atomic E-state index is -0.978. The first kappa shape index (κ1) is 20.8. The fourth-order valence-electron chi connectivity index (χ4n) is 2.38. The number of thioether (sulfide) groups is 1. The van der Waals surface area contributed by atoms with E-state index in [1.165, 1.54) is 22.7 Å². The van der Waals surface area contributed by atoms with Gasteiger partial charge in [0.25, 0.3) is 0 Å². The van der Waals surface area contributed by atoms with E-state index in [-0.39, 0.29) is 23.2 Å². The van der Waals surface area contributed by atoms with Crippen LogP contribution in [0.15, 0.2) is 24.3 Å². The smallest absolute Gasteiger partial charge is 0.313 e. The van der Waals surface area contributed by atoms with Gasteiger partial charge < -0.3 is 10.4 Å². The lowest BCUT2D eigenvalue weighted by atomic mass is 10.2. The molecule has 2 aromatic heterocycles. The number of rotatable bonds is 8. The van der Waals surface area contributed by atoms with Crippen LogP contribution in [0.5, 0.6) is 0 Å². The standard InChI is InChI=1S/C18H15ClN2O4S3/c1-2-10-6-11(17(27-10)21-14(22)7-26-8-15(23)24)16(25)18-20-12-4-3-9(19)5-13(12)28-18/h3-6H,2,7-8H2,1H3,(H,21,22)(H,23,24). The second-order valence-corrected chi connectivity index (χ2v) is 9.29. The van der Waals surface area contributed by atoms with E-state index < -0.39 is 5.97 Å². The van der Waals surface area contributed by atoms with Crippen LogP contribution in [0.3, 0.4) is 0 Å². The average Bonchev–Trinajstić information content (AvgIpc) is 3.24. The van der Waals surface area contributed by atoms with Gasteiger partial charge in [0.2, 0.25) is 11.7 Å². The maximum absolute atomic E-state index is 13.0. The lowest BCUT2D eigenvalue weighted by molar-refractivity contribution is -0.133. The summed E-state index contributed by atoms with van der Waals surface area (Å²) in [6, 6.07) is 7.02. The summed E-state index contributed by atoms with van der Waals surface area (Å²) in [6.45, 7) is 1.97. The van der Waals surface area contributed by atoms with Gasteiger partial charge in [-0.1, -0.05) is 18.5 Å². The molecule has 28 heavy (non-hydrogen) atoms. The topological polar surface area (TPSA) is 96.4 Å². The molecule has 3 rings (SSSR count). The van der Waals surface area contributed by atoms with Crippen LogP contribution in [0.25, 0.3) is 10.2 Å². The van der Waals surface area contributed by atoms with Gasteiger partial charge in [0.15, 0.2) is 5.01 Å². The van der Waals surface area contributed by atoms with Gasteiger partial charge in [-0.05, 0) is 30.7 Å². The van der Waals surface area contributed by atoms with Crippen molar-refractivity contribution in [3.05, 3.63) is 44.7 Å². The Morgan fingerprint density at radius 3 is 2.71 bits per heavy atom. The second kappa shape index (κ2) is 9.04. The highest BCUT2D eigenvalue weighted by Crippen LogP contribution is 2.33. The number of ketones is 1. The number of hydrogen-bond acceptors (Lipinski definition) is 7. The third kappa shape index (κ3) is 4.91. The van der Waals surface area contributed by atoms with Crippen molar-refractivity contribution in [2.45, 2.75) is 13.3 Å². The normalized spacial score (nSPS) is 10.9. The molecule has 0 aliphatic carbocycles. The van der Waals surface area contributed by atoms with Crippen LogP contribution < -0.4 is 5.32 Å². The molecule has 146 valence electrons. The number of carbonyl (C=O) groups excluding carboxylic acids is 2. The van der Waals surface area contributed by atoms with Crippen LogP contribution in [-0.2, 0) is 16.0 Å². The number of fused-ring (bicyclic) bond motifs is 1. The van der Waals surface area contributed by atoms with Crippen molar-refractivity contribution in [2.24, 2.45) is 0 Å². The number of aryl methyl sites for hydroxylation is 1. The van der Waals surface area contributed by atoms with E-state index in [2.05, 4.69) is 10.3 Å². The molecule has 2 N–H and O–H groups in total. The minimum Gasteiger partial charge on any atom is -0.481 e. The molecule has 0 atom stereocenters. The number of anilines is 1. The first-order chi connectivity index (χ1) is 13.4. The lowest BCUT2D eigenvalue weighted by Gasteiger charge is -2.04. The molecular weight excluding hydrogens is 440 g/mol. The molecule has 6 nitrogen and oxygen atoms in total. The maximum atomic E-state index is 13.0. The molecule has 1 amide bonds. The third-order valence-electron chi connectivity index (χ3n) is 3.63. The fourth-order valence-corrected chi connectivity index (χ4v) is 5.12. The Kier molecular flexibility index (Phi) is 6.71. The van der Waals surface area contributed by atoms with Crippen LogP contribution in [0.4, 0.5) is 5.00 Å². The van der Waals surface area contributed by atoms with Gasteiger partial charge in [-0.3, -0.25) is 14.4 Å². The number of thiophene rings is 1. The Labute approximate surface area is 177 Å². The van der Waals surface area contributed by atoms with Crippen molar-refractivity contribution in [2.75, 3.05) is 16.8 Å². The molecule has 3 aromatic rings. The van der Waals surface area contributed by atoms with E-state index in [9.17, 15) is 14.4 Å². The van der Waals surface area contributed by atoms with Gasteiger partial charge in [-0.25, -0.2) is 4.98 Å². The number of aliphatic carboxylic acids is 1. The number of carbonyl (C=O) groups is 3. The molecule has 0 aliphatic rings. The Morgan fingerprint density at radius 2 is 2.00 bits per heavy atom. The van der Waals surface area contributed by atoms with Crippen LogP contribution in [0, 0.1) is 0 Å². The SMILES string of the molecule is CCc1cc(C(=O)c2nc3ccc(Cl)cc3s2)c(NC(=O)CSCC(=O)O)s1. The zero-order chi connectivity index (χ0) is 20.3. The predicted molar refractivity (Wildman–Crippen MR) is 115 cm³/mol. The molecule has 0 unspecified atom stereocenters. The molecule has 0 fully saturated rings. The van der Waals surface area contributed by atoms with Crippen molar-refractivity contribution in [3.8, 4) is 0 Å². The van der Waals surface area contributed by atoms with Gasteiger partial charge in [-0.15, -0.1) is 34.4 Å². The maximum Gasteiger partial charge on any atom is 0.313 e. The molecule has 0 saturated carbocycles. The Balaban J connectivity index is 1.83. The number of carboxylic acids is 1. The van der Waals surface area contributed by atoms with E-state index in [4.69, 9.17) is 16.7 Å². The van der Waals surface area contributed by atoms with Crippen molar-refractivity contribution < 1.29 is 19.5 Å². The van der Waals surface area contributed by atoms with Gasteiger partial charge in [-0.2, -0.15) is 0 Å². The highest BCUT2D eigenvalue weighted by Gasteiger charge is 2.22. The predicted octanol–water partition coefficient (Wildman–Crippen LogP) is 4.56. The molecule has 1 aromatic carbocycles. The molecule has 0 spiro atoms. The van der Waals surface area contributed by atoms with Gasteiger partial charge >= 0.3 is 5.97 Å². The van der Waals surface area contributed by atoms with Crippen LogP contribution in [0.2, 0.25) is 5.02 Å². The number of halogens is 1. The number of aromatic nitrogens is 1. The number of hydrogen-bond donors (Lipinski definition) is 2. The number of carboxylic acid groups (broad SMARTS) is 1. The lowest BCUT2D eigenvalue weighted by Crippen LogP contribution is -2.16. The third-order valence-corrected chi connectivity index (χ3v) is 7.00. The number of amides is 1. The van der Waals surface area contributed by atoms with E-state index in [1.54, 1.807) is 24.3 Å². The van der Waals surface area contributed by atoms with Crippen LogP contribution >= 0.6 is 46.0 Å². The molecule has 0 aliphatic heterocycles. The summed E-state index contributed by atoms with van der Waals surface area (Å²) < 4.78 is 0.817. The zero-order valence-electron chi connectivity index (χ0n) is 14.7. The number of benzene rings is 1. The molecule has 0 bridgehead atoms. The van der Waals surface area contributed by atoms with E-state index in [0.717, 1.165) is 27.8 Å². The van der Waals surface area contributed by atoms with E-state index in [1.807, 2.05) is 6.92 Å². The summed E-state index contributed by atoms with van der Waals surface area (Å²) in [5, 5.41) is 12.8. The number of thiazole rings is 1. The minimum absolute atomic E-state index is 0.00107.